The lowest BCUT2D eigenvalue weighted by atomic mass is 9.60. The molecule has 1 aromatic rings. The molecule has 0 amide bonds. The summed E-state index contributed by atoms with van der Waals surface area (Å²) in [6.45, 7) is 13.3. The molecule has 2 saturated carbocycles. The Balaban J connectivity index is 1.22. The van der Waals surface area contributed by atoms with Crippen LogP contribution < -0.4 is 5.32 Å². The van der Waals surface area contributed by atoms with Crippen LogP contribution >= 0.6 is 0 Å². The highest BCUT2D eigenvalue weighted by molar-refractivity contribution is 5.54. The van der Waals surface area contributed by atoms with E-state index in [-0.39, 0.29) is 0 Å². The molecular formula is C26H40N2. The van der Waals surface area contributed by atoms with E-state index in [0.717, 1.165) is 18.0 Å². The standard InChI is InChI=1S/C26H40N2/c1-5-21(15-20-9-7-6-8-10-20)23-16-24(23)27-22-17-26(18-22)11-13-28(14-12-26)19-25(2,3)4/h6-10,15,22-24,27H,5,11-14,16-19H2,1-4H3/b21-15+/t23-,24+/m0/s1. The third kappa shape index (κ3) is 4.89. The van der Waals surface area contributed by atoms with E-state index < -0.39 is 0 Å². The third-order valence-corrected chi connectivity index (χ3v) is 7.25. The van der Waals surface area contributed by atoms with Crippen molar-refractivity contribution in [1.82, 2.24) is 10.2 Å². The molecule has 0 unspecified atom stereocenters. The van der Waals surface area contributed by atoms with E-state index in [9.17, 15) is 0 Å². The Morgan fingerprint density at radius 2 is 1.82 bits per heavy atom. The first kappa shape index (κ1) is 20.2. The highest BCUT2D eigenvalue weighted by Gasteiger charge is 2.49. The summed E-state index contributed by atoms with van der Waals surface area (Å²) >= 11 is 0. The Bertz CT molecular complexity index is 668. The lowest BCUT2D eigenvalue weighted by Gasteiger charge is -2.53. The number of hydrogen-bond acceptors (Lipinski definition) is 2. The molecule has 2 heteroatoms. The first-order valence-corrected chi connectivity index (χ1v) is 11.6. The number of hydrogen-bond donors (Lipinski definition) is 1. The lowest BCUT2D eigenvalue weighted by molar-refractivity contribution is -0.00294. The summed E-state index contributed by atoms with van der Waals surface area (Å²) in [4.78, 5) is 2.70. The van der Waals surface area contributed by atoms with Crippen LogP contribution in [0.1, 0.15) is 71.8 Å². The van der Waals surface area contributed by atoms with Crippen molar-refractivity contribution in [2.45, 2.75) is 78.3 Å². The molecule has 3 aliphatic rings. The van der Waals surface area contributed by atoms with Crippen LogP contribution in [0, 0.1) is 16.7 Å². The summed E-state index contributed by atoms with van der Waals surface area (Å²) in [7, 11) is 0. The molecule has 0 radical (unpaired) electrons. The second-order valence-corrected chi connectivity index (χ2v) is 11.0. The topological polar surface area (TPSA) is 15.3 Å². The van der Waals surface area contributed by atoms with Crippen LogP contribution in [0.25, 0.3) is 6.08 Å². The van der Waals surface area contributed by atoms with Gasteiger partial charge < -0.3 is 10.2 Å². The van der Waals surface area contributed by atoms with E-state index in [1.54, 1.807) is 5.57 Å². The van der Waals surface area contributed by atoms with Crippen molar-refractivity contribution in [3.63, 3.8) is 0 Å². The zero-order chi connectivity index (χ0) is 19.8. The molecule has 2 nitrogen and oxygen atoms in total. The van der Waals surface area contributed by atoms with Crippen molar-refractivity contribution in [3.8, 4) is 0 Å². The molecule has 2 atom stereocenters. The van der Waals surface area contributed by atoms with Gasteiger partial charge in [-0.25, -0.2) is 0 Å². The van der Waals surface area contributed by atoms with Gasteiger partial charge in [0.15, 0.2) is 0 Å². The van der Waals surface area contributed by atoms with Gasteiger partial charge in [0.2, 0.25) is 0 Å². The molecule has 4 rings (SSSR count). The molecule has 2 aliphatic carbocycles. The van der Waals surface area contributed by atoms with Crippen molar-refractivity contribution in [2.75, 3.05) is 19.6 Å². The van der Waals surface area contributed by atoms with Gasteiger partial charge in [-0.05, 0) is 73.9 Å². The summed E-state index contributed by atoms with van der Waals surface area (Å²) in [5.74, 6) is 0.774. The van der Waals surface area contributed by atoms with Crippen LogP contribution in [0.15, 0.2) is 35.9 Å². The molecule has 1 aliphatic heterocycles. The second kappa shape index (κ2) is 7.95. The molecule has 1 saturated heterocycles. The van der Waals surface area contributed by atoms with Crippen LogP contribution in [0.2, 0.25) is 0 Å². The predicted octanol–water partition coefficient (Wildman–Crippen LogP) is 5.75. The van der Waals surface area contributed by atoms with E-state index >= 15 is 0 Å². The SMILES string of the molecule is CC/C(=C\c1ccccc1)[C@@H]1C[C@H]1NC1CC2(CCN(CC(C)(C)C)CC2)C1. The summed E-state index contributed by atoms with van der Waals surface area (Å²) in [6, 6.07) is 12.3. The number of nitrogens with one attached hydrogen (secondary N) is 1. The second-order valence-electron chi connectivity index (χ2n) is 11.0. The van der Waals surface area contributed by atoms with Crippen LogP contribution in [0.3, 0.4) is 0 Å². The van der Waals surface area contributed by atoms with Gasteiger partial charge in [0.25, 0.3) is 0 Å². The Kier molecular flexibility index (Phi) is 5.73. The van der Waals surface area contributed by atoms with Crippen molar-refractivity contribution >= 4 is 6.08 Å². The summed E-state index contributed by atoms with van der Waals surface area (Å²) in [5.41, 5.74) is 4.09. The fourth-order valence-corrected chi connectivity index (χ4v) is 5.69. The van der Waals surface area contributed by atoms with E-state index in [0.29, 0.717) is 10.8 Å². The molecule has 3 fully saturated rings. The number of rotatable bonds is 6. The van der Waals surface area contributed by atoms with Crippen LogP contribution in [-0.4, -0.2) is 36.6 Å². The van der Waals surface area contributed by atoms with E-state index in [4.69, 9.17) is 0 Å². The molecule has 1 heterocycles. The number of nitrogens with zero attached hydrogens (tertiary/aromatic N) is 1. The largest absolute Gasteiger partial charge is 0.311 e. The van der Waals surface area contributed by atoms with E-state index in [2.05, 4.69) is 74.3 Å². The molecule has 1 spiro atoms. The minimum atomic E-state index is 0.430. The fraction of sp³-hybridized carbons (Fsp3) is 0.692. The van der Waals surface area contributed by atoms with Gasteiger partial charge >= 0.3 is 0 Å². The molecule has 0 aromatic heterocycles. The Hall–Kier alpha value is -1.12. The van der Waals surface area contributed by atoms with Gasteiger partial charge in [-0.3, -0.25) is 0 Å². The van der Waals surface area contributed by atoms with Crippen LogP contribution in [-0.2, 0) is 0 Å². The summed E-state index contributed by atoms with van der Waals surface area (Å²) in [5, 5.41) is 4.01. The average Bonchev–Trinajstić information content (AvgIpc) is 3.39. The van der Waals surface area contributed by atoms with Crippen LogP contribution in [0.5, 0.6) is 0 Å². The van der Waals surface area contributed by atoms with Crippen molar-refractivity contribution in [3.05, 3.63) is 41.5 Å². The Labute approximate surface area is 172 Å². The van der Waals surface area contributed by atoms with E-state index in [1.165, 1.54) is 63.7 Å². The molecule has 1 aromatic carbocycles. The maximum absolute atomic E-state index is 4.01. The summed E-state index contributed by atoms with van der Waals surface area (Å²) < 4.78 is 0. The minimum absolute atomic E-state index is 0.430. The third-order valence-electron chi connectivity index (χ3n) is 7.25. The van der Waals surface area contributed by atoms with Crippen molar-refractivity contribution < 1.29 is 0 Å². The summed E-state index contributed by atoms with van der Waals surface area (Å²) in [6.07, 6.45) is 10.6. The van der Waals surface area contributed by atoms with Crippen molar-refractivity contribution in [1.29, 1.82) is 0 Å². The zero-order valence-corrected chi connectivity index (χ0v) is 18.5. The smallest absolute Gasteiger partial charge is 0.0142 e. The highest BCUT2D eigenvalue weighted by atomic mass is 15.1. The van der Waals surface area contributed by atoms with Gasteiger partial charge in [0.1, 0.15) is 0 Å². The van der Waals surface area contributed by atoms with Crippen molar-refractivity contribution in [2.24, 2.45) is 16.7 Å². The number of piperidine rings is 1. The average molecular weight is 381 g/mol. The van der Waals surface area contributed by atoms with Gasteiger partial charge in [-0.15, -0.1) is 0 Å². The maximum atomic E-state index is 4.01. The molecule has 154 valence electrons. The molecular weight excluding hydrogens is 340 g/mol. The lowest BCUT2D eigenvalue weighted by Crippen LogP contribution is -2.55. The van der Waals surface area contributed by atoms with Gasteiger partial charge in [0, 0.05) is 18.6 Å². The minimum Gasteiger partial charge on any atom is -0.311 e. The van der Waals surface area contributed by atoms with Crippen LogP contribution in [0.4, 0.5) is 0 Å². The van der Waals surface area contributed by atoms with E-state index in [1.807, 2.05) is 0 Å². The normalized spacial score (nSPS) is 28.4. The molecule has 1 N–H and O–H groups in total. The number of likely N-dealkylation sites (tertiary alicyclic amines) is 1. The maximum Gasteiger partial charge on any atom is 0.0142 e. The zero-order valence-electron chi connectivity index (χ0n) is 18.5. The first-order valence-electron chi connectivity index (χ1n) is 11.6. The van der Waals surface area contributed by atoms with Gasteiger partial charge in [-0.2, -0.15) is 0 Å². The Morgan fingerprint density at radius 3 is 2.43 bits per heavy atom. The quantitative estimate of drug-likeness (QED) is 0.676. The van der Waals surface area contributed by atoms with Gasteiger partial charge in [0.05, 0.1) is 0 Å². The first-order chi connectivity index (χ1) is 13.4. The highest BCUT2D eigenvalue weighted by Crippen LogP contribution is 2.51. The Morgan fingerprint density at radius 1 is 1.14 bits per heavy atom. The predicted molar refractivity (Wildman–Crippen MR) is 120 cm³/mol. The van der Waals surface area contributed by atoms with Gasteiger partial charge in [-0.1, -0.05) is 69.7 Å². The molecule has 28 heavy (non-hydrogen) atoms. The monoisotopic (exact) mass is 380 g/mol. The molecule has 0 bridgehead atoms. The fourth-order valence-electron chi connectivity index (χ4n) is 5.69. The number of benzene rings is 1.